The van der Waals surface area contributed by atoms with Gasteiger partial charge in [0.05, 0.1) is 30.1 Å². The number of aromatic nitrogens is 4. The number of imidazole rings is 1. The van der Waals surface area contributed by atoms with Crippen molar-refractivity contribution in [2.24, 2.45) is 0 Å². The number of aryl methyl sites for hydroxylation is 1. The van der Waals surface area contributed by atoms with E-state index in [1.165, 1.54) is 0 Å². The van der Waals surface area contributed by atoms with Gasteiger partial charge >= 0.3 is 0 Å². The first-order valence-electron chi connectivity index (χ1n) is 5.49. The minimum absolute atomic E-state index is 0.727. The van der Waals surface area contributed by atoms with Gasteiger partial charge < -0.3 is 10.3 Å². The Morgan fingerprint density at radius 1 is 1.29 bits per heavy atom. The molecule has 0 fully saturated rings. The molecule has 86 valence electrons. The van der Waals surface area contributed by atoms with Crippen molar-refractivity contribution in [3.63, 3.8) is 0 Å². The van der Waals surface area contributed by atoms with E-state index in [0.717, 1.165) is 34.7 Å². The van der Waals surface area contributed by atoms with E-state index < -0.39 is 0 Å². The molecule has 3 aromatic rings. The zero-order chi connectivity index (χ0) is 11.7. The quantitative estimate of drug-likeness (QED) is 0.642. The minimum Gasteiger partial charge on any atom is -0.379 e. The van der Waals surface area contributed by atoms with Gasteiger partial charge in [0.2, 0.25) is 0 Å². The zero-order valence-corrected chi connectivity index (χ0v) is 9.49. The molecule has 0 bridgehead atoms. The van der Waals surface area contributed by atoms with E-state index in [0.29, 0.717) is 0 Å². The summed E-state index contributed by atoms with van der Waals surface area (Å²) >= 11 is 0. The highest BCUT2D eigenvalue weighted by atomic mass is 15.1. The van der Waals surface area contributed by atoms with Gasteiger partial charge in [-0.05, 0) is 19.1 Å². The van der Waals surface area contributed by atoms with Gasteiger partial charge in [-0.15, -0.1) is 0 Å². The van der Waals surface area contributed by atoms with Gasteiger partial charge in [0.1, 0.15) is 5.82 Å². The topological polar surface area (TPSA) is 69.4 Å². The van der Waals surface area contributed by atoms with Gasteiger partial charge in [-0.1, -0.05) is 6.07 Å². The maximum atomic E-state index is 4.17. The number of nitrogens with one attached hydrogen (secondary N) is 3. The molecule has 17 heavy (non-hydrogen) atoms. The number of rotatable bonds is 3. The standard InChI is InChI=1S/C12H13N5/c1-8-13-5-9(16-8)6-14-11-3-2-4-12-10(11)7-15-17-12/h2-5,7,14H,6H2,1H3,(H,13,16)(H,15,17). The van der Waals surface area contributed by atoms with Crippen LogP contribution in [0.3, 0.4) is 0 Å². The third-order valence-electron chi connectivity index (χ3n) is 2.71. The van der Waals surface area contributed by atoms with Crippen molar-refractivity contribution in [3.8, 4) is 0 Å². The largest absolute Gasteiger partial charge is 0.379 e. The summed E-state index contributed by atoms with van der Waals surface area (Å²) in [4.78, 5) is 7.36. The first-order chi connectivity index (χ1) is 8.33. The van der Waals surface area contributed by atoms with Crippen LogP contribution >= 0.6 is 0 Å². The molecule has 1 aromatic carbocycles. The van der Waals surface area contributed by atoms with Crippen molar-refractivity contribution in [2.75, 3.05) is 5.32 Å². The average molecular weight is 227 g/mol. The van der Waals surface area contributed by atoms with E-state index in [1.807, 2.05) is 37.5 Å². The first-order valence-corrected chi connectivity index (χ1v) is 5.49. The Bertz CT molecular complexity index is 637. The molecule has 0 radical (unpaired) electrons. The van der Waals surface area contributed by atoms with Crippen LogP contribution in [0.2, 0.25) is 0 Å². The van der Waals surface area contributed by atoms with Crippen LogP contribution in [0.15, 0.2) is 30.6 Å². The maximum Gasteiger partial charge on any atom is 0.103 e. The van der Waals surface area contributed by atoms with Crippen LogP contribution in [-0.2, 0) is 6.54 Å². The van der Waals surface area contributed by atoms with Crippen molar-refractivity contribution in [3.05, 3.63) is 42.1 Å². The number of nitrogens with zero attached hydrogens (tertiary/aromatic N) is 2. The number of fused-ring (bicyclic) bond motifs is 1. The number of aromatic amines is 2. The SMILES string of the molecule is Cc1ncc(CNc2cccc3[nH]ncc23)[nH]1. The summed E-state index contributed by atoms with van der Waals surface area (Å²) in [6.07, 6.45) is 3.67. The summed E-state index contributed by atoms with van der Waals surface area (Å²) in [5.41, 5.74) is 3.18. The van der Waals surface area contributed by atoms with E-state index >= 15 is 0 Å². The van der Waals surface area contributed by atoms with Crippen LogP contribution in [0.1, 0.15) is 11.5 Å². The fourth-order valence-electron chi connectivity index (χ4n) is 1.87. The number of hydrogen-bond acceptors (Lipinski definition) is 3. The first kappa shape index (κ1) is 9.89. The second kappa shape index (κ2) is 3.93. The average Bonchev–Trinajstić information content (AvgIpc) is 2.94. The molecule has 5 heteroatoms. The second-order valence-corrected chi connectivity index (χ2v) is 3.98. The Hall–Kier alpha value is -2.30. The van der Waals surface area contributed by atoms with Gasteiger partial charge in [-0.25, -0.2) is 4.98 Å². The third kappa shape index (κ3) is 1.87. The lowest BCUT2D eigenvalue weighted by Crippen LogP contribution is -1.99. The molecular weight excluding hydrogens is 214 g/mol. The van der Waals surface area contributed by atoms with Crippen molar-refractivity contribution in [1.82, 2.24) is 20.2 Å². The highest BCUT2D eigenvalue weighted by Crippen LogP contribution is 2.21. The lowest BCUT2D eigenvalue weighted by atomic mass is 10.2. The second-order valence-electron chi connectivity index (χ2n) is 3.98. The van der Waals surface area contributed by atoms with E-state index in [9.17, 15) is 0 Å². The molecule has 5 nitrogen and oxygen atoms in total. The molecule has 0 saturated carbocycles. The van der Waals surface area contributed by atoms with E-state index in [1.54, 1.807) is 0 Å². The molecule has 0 aliphatic rings. The third-order valence-corrected chi connectivity index (χ3v) is 2.71. The summed E-state index contributed by atoms with van der Waals surface area (Å²) in [5.74, 6) is 0.934. The molecule has 3 rings (SSSR count). The number of H-pyrrole nitrogens is 2. The Morgan fingerprint density at radius 3 is 3.06 bits per heavy atom. The highest BCUT2D eigenvalue weighted by Gasteiger charge is 2.02. The van der Waals surface area contributed by atoms with E-state index in [-0.39, 0.29) is 0 Å². The van der Waals surface area contributed by atoms with Crippen molar-refractivity contribution < 1.29 is 0 Å². The molecule has 0 aliphatic heterocycles. The van der Waals surface area contributed by atoms with Crippen LogP contribution in [0.25, 0.3) is 10.9 Å². The van der Waals surface area contributed by atoms with Crippen LogP contribution in [0.5, 0.6) is 0 Å². The van der Waals surface area contributed by atoms with Crippen LogP contribution in [-0.4, -0.2) is 20.2 Å². The molecule has 0 unspecified atom stereocenters. The Labute approximate surface area is 98.3 Å². The summed E-state index contributed by atoms with van der Waals surface area (Å²) in [5, 5.41) is 11.5. The van der Waals surface area contributed by atoms with Gasteiger partial charge in [-0.3, -0.25) is 5.10 Å². The lowest BCUT2D eigenvalue weighted by molar-refractivity contribution is 1.05. The summed E-state index contributed by atoms with van der Waals surface area (Å²) in [6.45, 7) is 2.67. The zero-order valence-electron chi connectivity index (χ0n) is 9.49. The monoisotopic (exact) mass is 227 g/mol. The highest BCUT2D eigenvalue weighted by molar-refractivity contribution is 5.90. The number of hydrogen-bond donors (Lipinski definition) is 3. The normalized spacial score (nSPS) is 10.9. The Kier molecular flexibility index (Phi) is 2.29. The van der Waals surface area contributed by atoms with Gasteiger partial charge in [0, 0.05) is 11.1 Å². The Morgan fingerprint density at radius 2 is 2.24 bits per heavy atom. The van der Waals surface area contributed by atoms with Gasteiger partial charge in [0.15, 0.2) is 0 Å². The molecule has 2 aromatic heterocycles. The summed E-state index contributed by atoms with van der Waals surface area (Å²) in [7, 11) is 0. The van der Waals surface area contributed by atoms with Crippen LogP contribution in [0, 0.1) is 6.92 Å². The van der Waals surface area contributed by atoms with Gasteiger partial charge in [0.25, 0.3) is 0 Å². The van der Waals surface area contributed by atoms with Crippen molar-refractivity contribution in [2.45, 2.75) is 13.5 Å². The molecule has 2 heterocycles. The van der Waals surface area contributed by atoms with E-state index in [4.69, 9.17) is 0 Å². The van der Waals surface area contributed by atoms with Crippen molar-refractivity contribution in [1.29, 1.82) is 0 Å². The predicted octanol–water partition coefficient (Wildman–Crippen LogP) is 2.21. The van der Waals surface area contributed by atoms with Crippen LogP contribution in [0.4, 0.5) is 5.69 Å². The lowest BCUT2D eigenvalue weighted by Gasteiger charge is -2.05. The number of anilines is 1. The number of benzene rings is 1. The summed E-state index contributed by atoms with van der Waals surface area (Å²) < 4.78 is 0. The Balaban J connectivity index is 1.83. The van der Waals surface area contributed by atoms with Gasteiger partial charge in [-0.2, -0.15) is 5.10 Å². The molecule has 3 N–H and O–H groups in total. The molecule has 0 atom stereocenters. The predicted molar refractivity (Wildman–Crippen MR) is 66.7 cm³/mol. The minimum atomic E-state index is 0.727. The maximum absolute atomic E-state index is 4.17. The smallest absolute Gasteiger partial charge is 0.103 e. The molecule has 0 spiro atoms. The van der Waals surface area contributed by atoms with Crippen molar-refractivity contribution >= 4 is 16.6 Å². The molecule has 0 amide bonds. The van der Waals surface area contributed by atoms with E-state index in [2.05, 4.69) is 25.5 Å². The molecule has 0 aliphatic carbocycles. The molecular formula is C12H13N5. The fraction of sp³-hybridized carbons (Fsp3) is 0.167. The molecule has 0 saturated heterocycles. The van der Waals surface area contributed by atoms with Crippen LogP contribution < -0.4 is 5.32 Å². The fourth-order valence-corrected chi connectivity index (χ4v) is 1.87. The summed E-state index contributed by atoms with van der Waals surface area (Å²) in [6, 6.07) is 6.05.